The highest BCUT2D eigenvalue weighted by Gasteiger charge is 2.60. The number of hydrogen-bond donors (Lipinski definition) is 3. The molecule has 2 aromatic carbocycles. The number of methoxy groups -OCH3 is 4. The van der Waals surface area contributed by atoms with Gasteiger partial charge in [-0.15, -0.1) is 0 Å². The van der Waals surface area contributed by atoms with Crippen LogP contribution < -0.4 is 14.8 Å². The summed E-state index contributed by atoms with van der Waals surface area (Å²) in [4.78, 5) is 28.1. The average Bonchev–Trinajstić information content (AvgIpc) is 4.12. The minimum Gasteiger partial charge on any atom is -0.504 e. The van der Waals surface area contributed by atoms with E-state index in [-0.39, 0.29) is 46.1 Å². The van der Waals surface area contributed by atoms with Crippen LogP contribution in [0.15, 0.2) is 24.3 Å². The minimum absolute atomic E-state index is 0.152. The summed E-state index contributed by atoms with van der Waals surface area (Å²) in [6.45, 7) is 3.07. The first-order chi connectivity index (χ1) is 26.6. The summed E-state index contributed by atoms with van der Waals surface area (Å²) in [5.41, 5.74) is 3.70. The molecule has 0 amide bonds. The van der Waals surface area contributed by atoms with E-state index < -0.39 is 0 Å². The summed E-state index contributed by atoms with van der Waals surface area (Å²) in [7, 11) is 6.42. The molecule has 3 N–H and O–H groups in total. The van der Waals surface area contributed by atoms with Gasteiger partial charge in [-0.3, -0.25) is 14.5 Å². The van der Waals surface area contributed by atoms with Gasteiger partial charge in [0.05, 0.1) is 14.2 Å². The summed E-state index contributed by atoms with van der Waals surface area (Å²) >= 11 is 3.38. The van der Waals surface area contributed by atoms with Crippen LogP contribution in [0, 0.1) is 23.7 Å². The van der Waals surface area contributed by atoms with E-state index in [4.69, 9.17) is 18.9 Å². The van der Waals surface area contributed by atoms with Crippen LogP contribution in [0.4, 0.5) is 0 Å². The van der Waals surface area contributed by atoms with Crippen LogP contribution in [-0.2, 0) is 42.7 Å². The molecule has 0 radical (unpaired) electrons. The van der Waals surface area contributed by atoms with Gasteiger partial charge in [-0.05, 0) is 124 Å². The number of rotatable bonds is 7. The van der Waals surface area contributed by atoms with Crippen LogP contribution in [0.5, 0.6) is 23.0 Å². The Morgan fingerprint density at radius 1 is 0.764 bits per heavy atom. The van der Waals surface area contributed by atoms with Gasteiger partial charge in [0.2, 0.25) is 0 Å². The normalized spacial score (nSPS) is 34.3. The number of Topliss-reactive ketones (excluding diaryl/α,β-unsaturated/α-hetero) is 2. The highest BCUT2D eigenvalue weighted by atomic mass is 79.9. The molecule has 300 valence electrons. The van der Waals surface area contributed by atoms with E-state index in [9.17, 15) is 19.8 Å². The third-order valence-electron chi connectivity index (χ3n) is 14.7. The molecule has 2 saturated heterocycles. The number of carbonyl (C=O) groups excluding carboxylic acids is 2. The number of fused-ring (bicyclic) bond motifs is 2. The number of hydrogen-bond acceptors (Lipinski definition) is 10. The quantitative estimate of drug-likeness (QED) is 0.286. The Hall–Kier alpha value is -2.70. The first kappa shape index (κ1) is 39.1. The number of alkyl halides is 1. The van der Waals surface area contributed by atoms with E-state index in [2.05, 4.69) is 32.2 Å². The number of carbonyl (C=O) groups is 2. The molecule has 0 aromatic heterocycles. The zero-order chi connectivity index (χ0) is 38.6. The minimum atomic E-state index is -0.315. The number of halogens is 1. The number of phenols is 2. The molecule has 8 aliphatic rings. The maximum Gasteiger partial charge on any atom is 0.162 e. The van der Waals surface area contributed by atoms with Gasteiger partial charge in [0.15, 0.2) is 34.6 Å². The van der Waals surface area contributed by atoms with Crippen molar-refractivity contribution in [3.05, 3.63) is 46.5 Å². The number of nitrogens with zero attached hydrogens (tertiary/aromatic N) is 1. The number of ketones is 2. The van der Waals surface area contributed by atoms with Gasteiger partial charge in [-0.25, -0.2) is 0 Å². The van der Waals surface area contributed by atoms with Crippen molar-refractivity contribution in [2.24, 2.45) is 23.7 Å². The SMILES string of the molecule is BrCC1CC1.COc1ccc2c(c1O)[C@@]13CCN(CC4CC4)[C@@H](C2)[C@H]1CC(OC)C(=O)C3.COc1ccc2c(c1O)[C@@]13CCN[C@@H](C2)[C@H]1CC(OC)C(=O)C3. The predicted molar refractivity (Wildman–Crippen MR) is 213 cm³/mol. The molecule has 0 spiro atoms. The number of nitrogens with one attached hydrogen (secondary N) is 1. The standard InChI is InChI=1S/C22H29NO4.C18H23NO4.C4H7Br/c1-26-18-6-5-14-9-16-15-10-19(27-2)17(24)11-22(15,20(14)21(18)25)7-8-23(16)12-13-3-4-13;1-22-14-4-3-10-7-12-11-8-15(23-2)13(20)9-18(11,5-6-19-12)16(10)17(14)21;5-3-4-1-2-4/h5-6,13,15-16,19,25H,3-4,7-12H2,1-2H3;3-4,11-12,15,19,21H,5-9H2,1-2H3;4H,1-3H2/t15-,16+,19?,22-;11-,12+,15?,18-;/m11./s1. The van der Waals surface area contributed by atoms with Crippen LogP contribution in [0.3, 0.4) is 0 Å². The molecular weight excluding hydrogens is 764 g/mol. The summed E-state index contributed by atoms with van der Waals surface area (Å²) in [6, 6.07) is 8.61. The molecule has 10 rings (SSSR count). The largest absolute Gasteiger partial charge is 0.504 e. The number of likely N-dealkylation sites (tertiary alicyclic amines) is 1. The summed E-state index contributed by atoms with van der Waals surface area (Å²) in [6.07, 6.45) is 11.0. The number of aromatic hydroxyl groups is 2. The molecule has 10 nitrogen and oxygen atoms in total. The van der Waals surface area contributed by atoms with Crippen molar-refractivity contribution >= 4 is 27.5 Å². The molecule has 6 aliphatic carbocycles. The number of piperidine rings is 2. The topological polar surface area (TPSA) is 127 Å². The molecule has 2 heterocycles. The molecule has 6 fully saturated rings. The molecule has 11 heteroatoms. The van der Waals surface area contributed by atoms with E-state index >= 15 is 0 Å². The maximum atomic E-state index is 12.9. The zero-order valence-electron chi connectivity index (χ0n) is 32.9. The van der Waals surface area contributed by atoms with Crippen molar-refractivity contribution < 1.29 is 38.7 Å². The van der Waals surface area contributed by atoms with Gasteiger partial charge in [0.25, 0.3) is 0 Å². The van der Waals surface area contributed by atoms with Crippen LogP contribution >= 0.6 is 15.9 Å². The Morgan fingerprint density at radius 3 is 1.82 bits per heavy atom. The highest BCUT2D eigenvalue weighted by Crippen LogP contribution is 2.60. The average molecular weight is 824 g/mol. The van der Waals surface area contributed by atoms with Crippen LogP contribution in [0.2, 0.25) is 0 Å². The Morgan fingerprint density at radius 2 is 1.31 bits per heavy atom. The lowest BCUT2D eigenvalue weighted by Gasteiger charge is -2.59. The number of benzene rings is 2. The van der Waals surface area contributed by atoms with Gasteiger partial charge in [0, 0.05) is 73.0 Å². The molecule has 2 aromatic rings. The van der Waals surface area contributed by atoms with Gasteiger partial charge in [-0.2, -0.15) is 0 Å². The van der Waals surface area contributed by atoms with Crippen LogP contribution in [0.25, 0.3) is 0 Å². The molecule has 8 atom stereocenters. The lowest BCUT2D eigenvalue weighted by atomic mass is 9.51. The Kier molecular flexibility index (Phi) is 11.1. The first-order valence-corrected chi connectivity index (χ1v) is 21.7. The summed E-state index contributed by atoms with van der Waals surface area (Å²) in [5.74, 6) is 4.37. The second-order valence-electron chi connectivity index (χ2n) is 17.6. The molecule has 2 unspecified atom stereocenters. The second-order valence-corrected chi connectivity index (χ2v) is 18.3. The fourth-order valence-corrected chi connectivity index (χ4v) is 12.3. The smallest absolute Gasteiger partial charge is 0.162 e. The van der Waals surface area contributed by atoms with E-state index in [1.54, 1.807) is 28.4 Å². The summed E-state index contributed by atoms with van der Waals surface area (Å²) in [5, 5.41) is 26.7. The Labute approximate surface area is 334 Å². The fourth-order valence-electron chi connectivity index (χ4n) is 11.6. The highest BCUT2D eigenvalue weighted by molar-refractivity contribution is 9.09. The van der Waals surface area contributed by atoms with Crippen LogP contribution in [0.1, 0.15) is 86.5 Å². The lowest BCUT2D eigenvalue weighted by molar-refractivity contribution is -0.142. The van der Waals surface area contributed by atoms with Crippen molar-refractivity contribution in [3.63, 3.8) is 0 Å². The van der Waals surface area contributed by atoms with Gasteiger partial charge in [-0.1, -0.05) is 28.1 Å². The molecule has 2 aliphatic heterocycles. The van der Waals surface area contributed by atoms with E-state index in [1.165, 1.54) is 43.1 Å². The number of phenolic OH excluding ortho intramolecular Hbond substituents is 2. The van der Waals surface area contributed by atoms with Crippen molar-refractivity contribution in [1.82, 2.24) is 10.2 Å². The van der Waals surface area contributed by atoms with Crippen molar-refractivity contribution in [2.75, 3.05) is 53.4 Å². The summed E-state index contributed by atoms with van der Waals surface area (Å²) < 4.78 is 21.7. The van der Waals surface area contributed by atoms with Gasteiger partial charge < -0.3 is 34.5 Å². The van der Waals surface area contributed by atoms with Gasteiger partial charge >= 0.3 is 0 Å². The zero-order valence-corrected chi connectivity index (χ0v) is 34.5. The van der Waals surface area contributed by atoms with Crippen molar-refractivity contribution in [3.8, 4) is 23.0 Å². The third-order valence-corrected chi connectivity index (χ3v) is 15.6. The predicted octanol–water partition coefficient (Wildman–Crippen LogP) is 6.02. The van der Waals surface area contributed by atoms with E-state index in [0.29, 0.717) is 48.3 Å². The van der Waals surface area contributed by atoms with E-state index in [1.807, 2.05) is 18.2 Å². The Bertz CT molecular complexity index is 1780. The number of ether oxygens (including phenoxy) is 4. The Balaban J connectivity index is 0.000000139. The van der Waals surface area contributed by atoms with Crippen molar-refractivity contribution in [1.29, 1.82) is 0 Å². The van der Waals surface area contributed by atoms with Crippen molar-refractivity contribution in [2.45, 2.75) is 112 Å². The second kappa shape index (κ2) is 15.6. The van der Waals surface area contributed by atoms with E-state index in [0.717, 1.165) is 80.1 Å². The van der Waals surface area contributed by atoms with Gasteiger partial charge in [0.1, 0.15) is 12.2 Å². The van der Waals surface area contributed by atoms with Crippen LogP contribution in [-0.4, -0.2) is 104 Å². The lowest BCUT2D eigenvalue weighted by Crippen LogP contribution is -2.64. The monoisotopic (exact) mass is 822 g/mol. The molecular formula is C44H59BrN2O8. The molecule has 4 bridgehead atoms. The maximum absolute atomic E-state index is 12.9. The molecule has 55 heavy (non-hydrogen) atoms. The molecule has 4 saturated carbocycles. The third kappa shape index (κ3) is 6.91. The first-order valence-electron chi connectivity index (χ1n) is 20.5. The fraction of sp³-hybridized carbons (Fsp3) is 0.682.